The smallest absolute Gasteiger partial charge is 0.466 e. The van der Waals surface area contributed by atoms with E-state index in [2.05, 4.69) is 17.6 Å². The highest BCUT2D eigenvalue weighted by molar-refractivity contribution is 14.1. The first-order valence-corrected chi connectivity index (χ1v) is 16.8. The Labute approximate surface area is 289 Å². The molecule has 0 bridgehead atoms. The number of nitro groups is 1. The SMILES string of the molecule is Cc1cn([C@H]2C[C@H](OC(=O)CCC(=O)OCCCCCCS)[C@@H](COC(=O)OCC(C)c3cc(I)ccc3[N+](=O)[O-])O2)c(=O)[nH]c1=O. The van der Waals surface area contributed by atoms with Gasteiger partial charge in [-0.1, -0.05) is 19.8 Å². The van der Waals surface area contributed by atoms with Crippen molar-refractivity contribution in [2.75, 3.05) is 25.6 Å². The first-order chi connectivity index (χ1) is 22.4. The van der Waals surface area contributed by atoms with Crippen molar-refractivity contribution in [3.63, 3.8) is 0 Å². The Bertz CT molecular complexity index is 1530. The van der Waals surface area contributed by atoms with Gasteiger partial charge < -0.3 is 23.7 Å². The van der Waals surface area contributed by atoms with Gasteiger partial charge in [-0.3, -0.25) is 34.0 Å². The average molecular weight is 792 g/mol. The van der Waals surface area contributed by atoms with E-state index in [0.717, 1.165) is 33.2 Å². The highest BCUT2D eigenvalue weighted by Crippen LogP contribution is 2.31. The number of nitrogens with zero attached hydrogens (tertiary/aromatic N) is 2. The fourth-order valence-electron chi connectivity index (χ4n) is 4.76. The van der Waals surface area contributed by atoms with E-state index in [0.29, 0.717) is 12.0 Å². The van der Waals surface area contributed by atoms with Gasteiger partial charge >= 0.3 is 23.8 Å². The molecule has 0 aliphatic carbocycles. The van der Waals surface area contributed by atoms with Crippen LogP contribution in [0.1, 0.15) is 75.1 Å². The zero-order chi connectivity index (χ0) is 34.5. The van der Waals surface area contributed by atoms with Crippen LogP contribution in [-0.2, 0) is 33.3 Å². The summed E-state index contributed by atoms with van der Waals surface area (Å²) in [5.74, 6) is -0.997. The summed E-state index contributed by atoms with van der Waals surface area (Å²) in [5, 5.41) is 11.4. The van der Waals surface area contributed by atoms with Crippen LogP contribution in [-0.4, -0.2) is 70.3 Å². The maximum absolute atomic E-state index is 12.7. The molecule has 3 rings (SSSR count). The number of hydrogen-bond acceptors (Lipinski definition) is 13. The predicted octanol–water partition coefficient (Wildman–Crippen LogP) is 4.33. The van der Waals surface area contributed by atoms with Gasteiger partial charge in [0.05, 0.1) is 24.4 Å². The largest absolute Gasteiger partial charge is 0.508 e. The molecule has 0 spiro atoms. The molecule has 1 aliphatic rings. The van der Waals surface area contributed by atoms with Crippen molar-refractivity contribution in [2.24, 2.45) is 0 Å². The zero-order valence-corrected chi connectivity index (χ0v) is 29.1. The predicted molar refractivity (Wildman–Crippen MR) is 179 cm³/mol. The van der Waals surface area contributed by atoms with E-state index in [1.165, 1.54) is 19.2 Å². The van der Waals surface area contributed by atoms with Crippen LogP contribution in [0.5, 0.6) is 0 Å². The third-order valence-electron chi connectivity index (χ3n) is 7.30. The molecule has 47 heavy (non-hydrogen) atoms. The van der Waals surface area contributed by atoms with E-state index in [1.54, 1.807) is 19.1 Å². The molecule has 1 aliphatic heterocycles. The van der Waals surface area contributed by atoms with Crippen LogP contribution in [0.2, 0.25) is 0 Å². The number of halogens is 1. The molecule has 2 aromatic rings. The van der Waals surface area contributed by atoms with E-state index in [4.69, 9.17) is 23.7 Å². The Balaban J connectivity index is 1.59. The van der Waals surface area contributed by atoms with Crippen LogP contribution in [0.3, 0.4) is 0 Å². The van der Waals surface area contributed by atoms with Crippen molar-refractivity contribution in [1.82, 2.24) is 9.55 Å². The number of unbranched alkanes of at least 4 members (excludes halogenated alkanes) is 3. The fraction of sp³-hybridized carbons (Fsp3) is 0.567. The minimum Gasteiger partial charge on any atom is -0.466 e. The molecule has 2 heterocycles. The number of H-pyrrole nitrogens is 1. The molecular formula is C30H38IN3O12S. The number of nitro benzene ring substituents is 1. The van der Waals surface area contributed by atoms with Crippen LogP contribution in [0.25, 0.3) is 0 Å². The molecule has 0 saturated carbocycles. The van der Waals surface area contributed by atoms with Crippen molar-refractivity contribution in [3.8, 4) is 0 Å². The highest BCUT2D eigenvalue weighted by Gasteiger charge is 2.40. The summed E-state index contributed by atoms with van der Waals surface area (Å²) in [5.41, 5.74) is -0.787. The van der Waals surface area contributed by atoms with Gasteiger partial charge in [0.25, 0.3) is 11.2 Å². The fourth-order valence-corrected chi connectivity index (χ4v) is 5.50. The van der Waals surface area contributed by atoms with Crippen LogP contribution < -0.4 is 11.2 Å². The molecule has 1 N–H and O–H groups in total. The van der Waals surface area contributed by atoms with E-state index in [-0.39, 0.29) is 43.7 Å². The van der Waals surface area contributed by atoms with Gasteiger partial charge in [0.2, 0.25) is 0 Å². The van der Waals surface area contributed by atoms with Crippen molar-refractivity contribution in [2.45, 2.75) is 83.1 Å². The normalized spacial score (nSPS) is 17.9. The van der Waals surface area contributed by atoms with Crippen molar-refractivity contribution in [3.05, 3.63) is 70.0 Å². The molecule has 1 aromatic heterocycles. The van der Waals surface area contributed by atoms with Crippen molar-refractivity contribution >= 4 is 59.0 Å². The quantitative estimate of drug-likeness (QED) is 0.0439. The average Bonchev–Trinajstić information content (AvgIpc) is 3.42. The van der Waals surface area contributed by atoms with Gasteiger partial charge in [-0.05, 0) is 60.2 Å². The first kappa shape index (κ1) is 38.0. The topological polar surface area (TPSA) is 195 Å². The molecule has 0 amide bonds. The number of aromatic amines is 1. The molecule has 1 aromatic carbocycles. The zero-order valence-electron chi connectivity index (χ0n) is 26.0. The molecule has 258 valence electrons. The number of aryl methyl sites for hydroxylation is 1. The molecular weight excluding hydrogens is 753 g/mol. The monoisotopic (exact) mass is 791 g/mol. The maximum Gasteiger partial charge on any atom is 0.508 e. The second-order valence-electron chi connectivity index (χ2n) is 11.0. The number of aromatic nitrogens is 2. The van der Waals surface area contributed by atoms with Gasteiger partial charge in [-0.25, -0.2) is 9.59 Å². The number of carbonyl (C=O) groups excluding carboxylic acids is 3. The standard InChI is InChI=1S/C30H38IN3O12S/c1-18-15-33(29(38)32-28(18)37)25-14-23(46-27(36)10-9-26(35)42-11-5-3-4-6-12-47)24(45-25)17-44-30(39)43-16-19(2)21-13-20(31)7-8-22(21)34(40)41/h7-8,13,15,19,23-25,47H,3-6,9-12,14,16-17H2,1-2H3,(H,32,37,38)/t19?,23-,24+,25+/m0/s1. The number of rotatable bonds is 17. The molecule has 1 saturated heterocycles. The van der Waals surface area contributed by atoms with Crippen LogP contribution in [0, 0.1) is 20.6 Å². The van der Waals surface area contributed by atoms with Gasteiger partial charge in [0, 0.05) is 39.3 Å². The van der Waals surface area contributed by atoms with Crippen molar-refractivity contribution < 1.29 is 43.0 Å². The second kappa shape index (κ2) is 18.8. The number of benzene rings is 1. The lowest BCUT2D eigenvalue weighted by Gasteiger charge is -2.19. The van der Waals surface area contributed by atoms with Crippen LogP contribution in [0.4, 0.5) is 10.5 Å². The third kappa shape index (κ3) is 11.9. The lowest BCUT2D eigenvalue weighted by atomic mass is 10.0. The first-order valence-electron chi connectivity index (χ1n) is 15.1. The van der Waals surface area contributed by atoms with E-state index in [1.807, 2.05) is 22.6 Å². The summed E-state index contributed by atoms with van der Waals surface area (Å²) < 4.78 is 29.0. The lowest BCUT2D eigenvalue weighted by molar-refractivity contribution is -0.385. The summed E-state index contributed by atoms with van der Waals surface area (Å²) in [7, 11) is 0. The minimum absolute atomic E-state index is 0.0235. The Morgan fingerprint density at radius 3 is 2.57 bits per heavy atom. The molecule has 15 nitrogen and oxygen atoms in total. The maximum atomic E-state index is 12.7. The van der Waals surface area contributed by atoms with E-state index >= 15 is 0 Å². The molecule has 1 fully saturated rings. The molecule has 0 radical (unpaired) electrons. The van der Waals surface area contributed by atoms with Gasteiger partial charge in [0.1, 0.15) is 31.6 Å². The number of carbonyl (C=O) groups is 3. The number of hydrogen-bond donors (Lipinski definition) is 2. The van der Waals surface area contributed by atoms with Crippen LogP contribution in [0.15, 0.2) is 34.0 Å². The van der Waals surface area contributed by atoms with Crippen molar-refractivity contribution in [1.29, 1.82) is 0 Å². The van der Waals surface area contributed by atoms with E-state index < -0.39 is 65.2 Å². The molecule has 17 heteroatoms. The van der Waals surface area contributed by atoms with E-state index in [9.17, 15) is 34.1 Å². The Hall–Kier alpha value is -3.45. The van der Waals surface area contributed by atoms with Crippen LogP contribution >= 0.6 is 35.2 Å². The summed E-state index contributed by atoms with van der Waals surface area (Å²) in [6.45, 7) is 2.77. The molecule has 4 atom stereocenters. The third-order valence-corrected chi connectivity index (χ3v) is 8.29. The lowest BCUT2D eigenvalue weighted by Crippen LogP contribution is -2.33. The number of nitrogens with one attached hydrogen (secondary N) is 1. The van der Waals surface area contributed by atoms with Gasteiger partial charge in [-0.2, -0.15) is 12.6 Å². The number of esters is 2. The molecule has 1 unspecified atom stereocenters. The second-order valence-corrected chi connectivity index (χ2v) is 12.7. The highest BCUT2D eigenvalue weighted by atomic mass is 127. The summed E-state index contributed by atoms with van der Waals surface area (Å²) in [6.07, 6.45) is 0.313. The Kier molecular flexibility index (Phi) is 15.2. The minimum atomic E-state index is -1.09. The Morgan fingerprint density at radius 2 is 1.85 bits per heavy atom. The number of thiol groups is 1. The number of ether oxygens (including phenoxy) is 5. The van der Waals surface area contributed by atoms with Gasteiger partial charge in [0.15, 0.2) is 0 Å². The summed E-state index contributed by atoms with van der Waals surface area (Å²) >= 11 is 6.18. The summed E-state index contributed by atoms with van der Waals surface area (Å²) in [4.78, 5) is 74.7. The van der Waals surface area contributed by atoms with Gasteiger partial charge in [-0.15, -0.1) is 0 Å². The Morgan fingerprint density at radius 1 is 1.13 bits per heavy atom. The summed E-state index contributed by atoms with van der Waals surface area (Å²) in [6, 6.07) is 4.62.